The zero-order valence-electron chi connectivity index (χ0n) is 19.5. The molecule has 0 unspecified atom stereocenters. The molecule has 0 heterocycles. The average molecular weight is 457 g/mol. The van der Waals surface area contributed by atoms with Crippen LogP contribution < -0.4 is 4.74 Å². The molecule has 0 amide bonds. The lowest BCUT2D eigenvalue weighted by molar-refractivity contribution is -0.223. The molecule has 0 aliphatic heterocycles. The standard InChI is InChI=1S/C29H35F3O/c1-2-21-5-11-24(12-6-21)25-13-7-22(8-14-25)3-4-23-9-15-26(16-10-23)29(31,32)33-28-19-17-27(30)18-20-28/h3-6,11-12,17-20,22-23,25-26H,2,7-10,13-16H2,1H3/b4-3+. The van der Waals surface area contributed by atoms with Gasteiger partial charge in [-0.1, -0.05) is 43.3 Å². The number of hydrogen-bond donors (Lipinski definition) is 0. The molecule has 2 fully saturated rings. The first-order valence-corrected chi connectivity index (χ1v) is 12.5. The molecule has 2 saturated carbocycles. The Morgan fingerprint density at radius 1 is 0.788 bits per heavy atom. The molecule has 4 heteroatoms. The molecule has 0 N–H and O–H groups in total. The Balaban J connectivity index is 1.21. The number of rotatable bonds is 7. The van der Waals surface area contributed by atoms with Crippen LogP contribution in [0.1, 0.15) is 75.3 Å². The van der Waals surface area contributed by atoms with Crippen molar-refractivity contribution in [2.24, 2.45) is 17.8 Å². The van der Waals surface area contributed by atoms with Gasteiger partial charge in [-0.25, -0.2) is 4.39 Å². The van der Waals surface area contributed by atoms with Crippen LogP contribution >= 0.6 is 0 Å². The summed E-state index contributed by atoms with van der Waals surface area (Å²) in [4.78, 5) is 0. The van der Waals surface area contributed by atoms with Crippen molar-refractivity contribution in [3.8, 4) is 5.75 Å². The molecule has 0 radical (unpaired) electrons. The third-order valence-corrected chi connectivity index (χ3v) is 7.60. The van der Waals surface area contributed by atoms with Gasteiger partial charge in [0, 0.05) is 0 Å². The third kappa shape index (κ3) is 6.43. The van der Waals surface area contributed by atoms with Crippen LogP contribution in [0.5, 0.6) is 5.75 Å². The van der Waals surface area contributed by atoms with E-state index < -0.39 is 17.8 Å². The van der Waals surface area contributed by atoms with Gasteiger partial charge in [-0.15, -0.1) is 0 Å². The molecule has 33 heavy (non-hydrogen) atoms. The zero-order chi connectivity index (χ0) is 23.3. The Morgan fingerprint density at radius 2 is 1.33 bits per heavy atom. The van der Waals surface area contributed by atoms with E-state index in [0.29, 0.717) is 30.6 Å². The zero-order valence-corrected chi connectivity index (χ0v) is 19.5. The van der Waals surface area contributed by atoms with E-state index in [-0.39, 0.29) is 5.75 Å². The van der Waals surface area contributed by atoms with Crippen LogP contribution in [0.15, 0.2) is 60.7 Å². The van der Waals surface area contributed by atoms with E-state index in [9.17, 15) is 13.2 Å². The molecule has 4 rings (SSSR count). The highest BCUT2D eigenvalue weighted by molar-refractivity contribution is 5.26. The SMILES string of the molecule is CCc1ccc(C2CCC(/C=C/C3CCC(C(F)(F)Oc4ccc(F)cc4)CC3)CC2)cc1. The summed E-state index contributed by atoms with van der Waals surface area (Å²) in [6.45, 7) is 2.19. The second-order valence-electron chi connectivity index (χ2n) is 9.82. The summed E-state index contributed by atoms with van der Waals surface area (Å²) in [5.74, 6) is 0.415. The summed E-state index contributed by atoms with van der Waals surface area (Å²) in [7, 11) is 0. The van der Waals surface area contributed by atoms with Crippen LogP contribution in [-0.2, 0) is 6.42 Å². The number of alkyl halides is 2. The Hall–Kier alpha value is -2.23. The number of aryl methyl sites for hydroxylation is 1. The van der Waals surface area contributed by atoms with Gasteiger partial charge in [0.25, 0.3) is 0 Å². The summed E-state index contributed by atoms with van der Waals surface area (Å²) >= 11 is 0. The number of halogens is 3. The topological polar surface area (TPSA) is 9.23 Å². The van der Waals surface area contributed by atoms with Crippen molar-refractivity contribution in [2.75, 3.05) is 0 Å². The van der Waals surface area contributed by atoms with Gasteiger partial charge in [-0.05, 0) is 111 Å². The molecule has 0 saturated heterocycles. The first kappa shape index (κ1) is 23.9. The molecule has 0 aromatic heterocycles. The van der Waals surface area contributed by atoms with Crippen molar-refractivity contribution < 1.29 is 17.9 Å². The normalized spacial score (nSPS) is 26.4. The number of benzene rings is 2. The molecule has 1 nitrogen and oxygen atoms in total. The molecular formula is C29H35F3O. The second kappa shape index (κ2) is 10.8. The largest absolute Gasteiger partial charge is 0.432 e. The third-order valence-electron chi connectivity index (χ3n) is 7.60. The molecule has 2 aromatic rings. The first-order chi connectivity index (χ1) is 15.9. The lowest BCUT2D eigenvalue weighted by Crippen LogP contribution is -2.37. The number of allylic oxidation sites excluding steroid dienone is 2. The number of hydrogen-bond acceptors (Lipinski definition) is 1. The van der Waals surface area contributed by atoms with Gasteiger partial charge in [-0.2, -0.15) is 8.78 Å². The van der Waals surface area contributed by atoms with E-state index in [0.717, 1.165) is 31.4 Å². The molecule has 0 bridgehead atoms. The summed E-state index contributed by atoms with van der Waals surface area (Å²) < 4.78 is 47.1. The van der Waals surface area contributed by atoms with Gasteiger partial charge < -0.3 is 4.74 Å². The van der Waals surface area contributed by atoms with E-state index in [1.165, 1.54) is 48.9 Å². The first-order valence-electron chi connectivity index (χ1n) is 12.5. The minimum atomic E-state index is -3.22. The Morgan fingerprint density at radius 3 is 1.88 bits per heavy atom. The van der Waals surface area contributed by atoms with Crippen molar-refractivity contribution >= 4 is 0 Å². The molecular weight excluding hydrogens is 421 g/mol. The minimum absolute atomic E-state index is 0.0142. The maximum Gasteiger partial charge on any atom is 0.400 e. The average Bonchev–Trinajstić information content (AvgIpc) is 2.85. The van der Waals surface area contributed by atoms with Crippen LogP contribution in [0.3, 0.4) is 0 Å². The van der Waals surface area contributed by atoms with Crippen molar-refractivity contribution in [3.63, 3.8) is 0 Å². The van der Waals surface area contributed by atoms with Crippen LogP contribution in [-0.4, -0.2) is 6.11 Å². The van der Waals surface area contributed by atoms with E-state index in [4.69, 9.17) is 4.74 Å². The fraction of sp³-hybridized carbons (Fsp3) is 0.517. The fourth-order valence-corrected chi connectivity index (χ4v) is 5.38. The predicted octanol–water partition coefficient (Wildman–Crippen LogP) is 8.70. The van der Waals surface area contributed by atoms with E-state index >= 15 is 0 Å². The Bertz CT molecular complexity index is 887. The second-order valence-corrected chi connectivity index (χ2v) is 9.82. The lowest BCUT2D eigenvalue weighted by atomic mass is 9.77. The lowest BCUT2D eigenvalue weighted by Gasteiger charge is -2.32. The van der Waals surface area contributed by atoms with Crippen molar-refractivity contribution in [1.82, 2.24) is 0 Å². The molecule has 2 aliphatic carbocycles. The summed E-state index contributed by atoms with van der Waals surface area (Å²) in [6, 6.07) is 13.9. The van der Waals surface area contributed by atoms with E-state index in [1.54, 1.807) is 0 Å². The van der Waals surface area contributed by atoms with E-state index in [1.807, 2.05) is 0 Å². The maximum atomic E-state index is 14.6. The van der Waals surface area contributed by atoms with Gasteiger partial charge in [0.1, 0.15) is 11.6 Å². The fourth-order valence-electron chi connectivity index (χ4n) is 5.38. The van der Waals surface area contributed by atoms with Gasteiger partial charge in [-0.3, -0.25) is 0 Å². The maximum absolute atomic E-state index is 14.6. The van der Waals surface area contributed by atoms with Crippen LogP contribution in [0.4, 0.5) is 13.2 Å². The molecule has 0 atom stereocenters. The van der Waals surface area contributed by atoms with Crippen LogP contribution in [0.2, 0.25) is 0 Å². The Labute approximate surface area is 196 Å². The smallest absolute Gasteiger partial charge is 0.400 e. The quantitative estimate of drug-likeness (QED) is 0.379. The van der Waals surface area contributed by atoms with Crippen molar-refractivity contribution in [1.29, 1.82) is 0 Å². The van der Waals surface area contributed by atoms with Crippen molar-refractivity contribution in [3.05, 3.63) is 77.6 Å². The van der Waals surface area contributed by atoms with Gasteiger partial charge >= 0.3 is 6.11 Å². The Kier molecular flexibility index (Phi) is 7.82. The highest BCUT2D eigenvalue weighted by atomic mass is 19.3. The molecule has 0 spiro atoms. The number of ether oxygens (including phenoxy) is 1. The summed E-state index contributed by atoms with van der Waals surface area (Å²) in [5.41, 5.74) is 2.86. The highest BCUT2D eigenvalue weighted by Gasteiger charge is 2.43. The molecule has 2 aromatic carbocycles. The van der Waals surface area contributed by atoms with Gasteiger partial charge in [0.15, 0.2) is 0 Å². The predicted molar refractivity (Wildman–Crippen MR) is 127 cm³/mol. The van der Waals surface area contributed by atoms with Gasteiger partial charge in [0.05, 0.1) is 5.92 Å². The molecule has 178 valence electrons. The van der Waals surface area contributed by atoms with E-state index in [2.05, 4.69) is 43.3 Å². The summed E-state index contributed by atoms with van der Waals surface area (Å²) in [5, 5.41) is 0. The minimum Gasteiger partial charge on any atom is -0.432 e. The van der Waals surface area contributed by atoms with Gasteiger partial charge in [0.2, 0.25) is 0 Å². The monoisotopic (exact) mass is 456 g/mol. The van der Waals surface area contributed by atoms with Crippen molar-refractivity contribution in [2.45, 2.75) is 76.7 Å². The molecule has 2 aliphatic rings. The van der Waals surface area contributed by atoms with Crippen LogP contribution in [0, 0.1) is 23.6 Å². The highest BCUT2D eigenvalue weighted by Crippen LogP contribution is 2.41. The van der Waals surface area contributed by atoms with Crippen LogP contribution in [0.25, 0.3) is 0 Å². The summed E-state index contributed by atoms with van der Waals surface area (Å²) in [6.07, 6.45) is 9.79.